The van der Waals surface area contributed by atoms with E-state index in [1.165, 1.54) is 51.6 Å². The summed E-state index contributed by atoms with van der Waals surface area (Å²) in [5.74, 6) is 0. The molecule has 2 aliphatic heterocycles. The Bertz CT molecular complexity index is 135. The van der Waals surface area contributed by atoms with Gasteiger partial charge in [-0.2, -0.15) is 0 Å². The molecule has 2 aliphatic rings. The second-order valence-electron chi connectivity index (χ2n) is 4.29. The molecule has 76 valence electrons. The van der Waals surface area contributed by atoms with Crippen molar-refractivity contribution >= 4 is 0 Å². The fraction of sp³-hybridized carbons (Fsp3) is 1.00. The fourth-order valence-corrected chi connectivity index (χ4v) is 2.54. The van der Waals surface area contributed by atoms with Gasteiger partial charge in [-0.15, -0.1) is 0 Å². The minimum Gasteiger partial charge on any atom is -0.381 e. The SMILES string of the molecule is C1CCN(C2CCCOCC2)CC1. The molecule has 0 aromatic rings. The van der Waals surface area contributed by atoms with E-state index in [1.54, 1.807) is 0 Å². The van der Waals surface area contributed by atoms with E-state index in [9.17, 15) is 0 Å². The largest absolute Gasteiger partial charge is 0.381 e. The second-order valence-corrected chi connectivity index (χ2v) is 4.29. The highest BCUT2D eigenvalue weighted by Gasteiger charge is 2.21. The Morgan fingerprint density at radius 2 is 1.69 bits per heavy atom. The molecule has 1 atom stereocenters. The van der Waals surface area contributed by atoms with Gasteiger partial charge in [0.1, 0.15) is 0 Å². The zero-order chi connectivity index (χ0) is 8.93. The summed E-state index contributed by atoms with van der Waals surface area (Å²) in [4.78, 5) is 2.69. The number of rotatable bonds is 1. The smallest absolute Gasteiger partial charge is 0.0480 e. The van der Waals surface area contributed by atoms with E-state index in [1.807, 2.05) is 0 Å². The number of nitrogens with zero attached hydrogens (tertiary/aromatic N) is 1. The maximum atomic E-state index is 5.49. The lowest BCUT2D eigenvalue weighted by molar-refractivity contribution is 0.120. The van der Waals surface area contributed by atoms with Gasteiger partial charge >= 0.3 is 0 Å². The number of likely N-dealkylation sites (tertiary alicyclic amines) is 1. The lowest BCUT2D eigenvalue weighted by Crippen LogP contribution is -2.39. The summed E-state index contributed by atoms with van der Waals surface area (Å²) in [7, 11) is 0. The van der Waals surface area contributed by atoms with Crippen molar-refractivity contribution in [3.8, 4) is 0 Å². The molecule has 2 nitrogen and oxygen atoms in total. The Balaban J connectivity index is 1.82. The second kappa shape index (κ2) is 4.97. The molecule has 2 rings (SSSR count). The molecule has 0 amide bonds. The molecule has 2 fully saturated rings. The van der Waals surface area contributed by atoms with Gasteiger partial charge in [-0.05, 0) is 45.2 Å². The van der Waals surface area contributed by atoms with Crippen molar-refractivity contribution in [3.63, 3.8) is 0 Å². The molecule has 0 spiro atoms. The van der Waals surface area contributed by atoms with Gasteiger partial charge in [-0.1, -0.05) is 6.42 Å². The van der Waals surface area contributed by atoms with Crippen LogP contribution in [0.3, 0.4) is 0 Å². The molecule has 2 heterocycles. The van der Waals surface area contributed by atoms with Gasteiger partial charge in [0.25, 0.3) is 0 Å². The van der Waals surface area contributed by atoms with E-state index >= 15 is 0 Å². The Morgan fingerprint density at radius 3 is 2.54 bits per heavy atom. The molecule has 0 saturated carbocycles. The fourth-order valence-electron chi connectivity index (χ4n) is 2.54. The van der Waals surface area contributed by atoms with Gasteiger partial charge < -0.3 is 9.64 Å². The third-order valence-corrected chi connectivity index (χ3v) is 3.33. The monoisotopic (exact) mass is 183 g/mol. The van der Waals surface area contributed by atoms with E-state index < -0.39 is 0 Å². The third kappa shape index (κ3) is 2.68. The predicted octanol–water partition coefficient (Wildman–Crippen LogP) is 2.04. The standard InChI is InChI=1S/C11H21NO/c1-2-7-12(8-3-1)11-5-4-9-13-10-6-11/h11H,1-10H2. The number of piperidine rings is 1. The van der Waals surface area contributed by atoms with E-state index in [0.29, 0.717) is 0 Å². The van der Waals surface area contributed by atoms with E-state index in [2.05, 4.69) is 4.90 Å². The van der Waals surface area contributed by atoms with Gasteiger partial charge in [0.2, 0.25) is 0 Å². The van der Waals surface area contributed by atoms with Gasteiger partial charge in [0.05, 0.1) is 0 Å². The Hall–Kier alpha value is -0.0800. The minimum atomic E-state index is 0.836. The summed E-state index contributed by atoms with van der Waals surface area (Å²) >= 11 is 0. The Kier molecular flexibility index (Phi) is 3.62. The molecule has 0 aliphatic carbocycles. The molecule has 1 unspecified atom stereocenters. The van der Waals surface area contributed by atoms with E-state index in [-0.39, 0.29) is 0 Å². The third-order valence-electron chi connectivity index (χ3n) is 3.33. The number of hydrogen-bond acceptors (Lipinski definition) is 2. The number of ether oxygens (including phenoxy) is 1. The van der Waals surface area contributed by atoms with E-state index in [0.717, 1.165) is 19.3 Å². The highest BCUT2D eigenvalue weighted by Crippen LogP contribution is 2.19. The summed E-state index contributed by atoms with van der Waals surface area (Å²) in [6.07, 6.45) is 8.16. The first kappa shape index (κ1) is 9.47. The predicted molar refractivity (Wildman–Crippen MR) is 53.9 cm³/mol. The summed E-state index contributed by atoms with van der Waals surface area (Å²) in [6.45, 7) is 4.65. The lowest BCUT2D eigenvalue weighted by Gasteiger charge is -2.33. The van der Waals surface area contributed by atoms with Crippen molar-refractivity contribution in [1.82, 2.24) is 4.90 Å². The van der Waals surface area contributed by atoms with Crippen LogP contribution in [0.25, 0.3) is 0 Å². The van der Waals surface area contributed by atoms with Crippen molar-refractivity contribution in [2.24, 2.45) is 0 Å². The molecule has 0 aromatic carbocycles. The van der Waals surface area contributed by atoms with Crippen LogP contribution in [0.2, 0.25) is 0 Å². The maximum Gasteiger partial charge on any atom is 0.0480 e. The first-order chi connectivity index (χ1) is 6.47. The van der Waals surface area contributed by atoms with Crippen LogP contribution in [0.15, 0.2) is 0 Å². The zero-order valence-corrected chi connectivity index (χ0v) is 8.50. The van der Waals surface area contributed by atoms with Crippen LogP contribution in [0.1, 0.15) is 38.5 Å². The summed E-state index contributed by atoms with van der Waals surface area (Å²) in [6, 6.07) is 0.836. The maximum absolute atomic E-state index is 5.49. The van der Waals surface area contributed by atoms with Crippen molar-refractivity contribution < 1.29 is 4.74 Å². The van der Waals surface area contributed by atoms with Crippen LogP contribution in [0, 0.1) is 0 Å². The van der Waals surface area contributed by atoms with Gasteiger partial charge in [0.15, 0.2) is 0 Å². The average molecular weight is 183 g/mol. The zero-order valence-electron chi connectivity index (χ0n) is 8.50. The van der Waals surface area contributed by atoms with Crippen LogP contribution >= 0.6 is 0 Å². The molecule has 0 radical (unpaired) electrons. The first-order valence-electron chi connectivity index (χ1n) is 5.78. The van der Waals surface area contributed by atoms with Crippen LogP contribution < -0.4 is 0 Å². The van der Waals surface area contributed by atoms with Crippen molar-refractivity contribution in [3.05, 3.63) is 0 Å². The minimum absolute atomic E-state index is 0.836. The highest BCUT2D eigenvalue weighted by molar-refractivity contribution is 4.76. The van der Waals surface area contributed by atoms with Gasteiger partial charge in [-0.25, -0.2) is 0 Å². The molecule has 2 saturated heterocycles. The molecular weight excluding hydrogens is 162 g/mol. The molecule has 0 bridgehead atoms. The van der Waals surface area contributed by atoms with Crippen LogP contribution in [0.4, 0.5) is 0 Å². The highest BCUT2D eigenvalue weighted by atomic mass is 16.5. The topological polar surface area (TPSA) is 12.5 Å². The molecular formula is C11H21NO. The van der Waals surface area contributed by atoms with Crippen molar-refractivity contribution in [2.45, 2.75) is 44.6 Å². The van der Waals surface area contributed by atoms with Gasteiger partial charge in [-0.3, -0.25) is 0 Å². The number of hydrogen-bond donors (Lipinski definition) is 0. The van der Waals surface area contributed by atoms with Crippen LogP contribution in [0.5, 0.6) is 0 Å². The summed E-state index contributed by atoms with van der Waals surface area (Å²) in [5, 5.41) is 0. The average Bonchev–Trinajstić information content (AvgIpc) is 2.47. The molecule has 13 heavy (non-hydrogen) atoms. The van der Waals surface area contributed by atoms with Crippen molar-refractivity contribution in [2.75, 3.05) is 26.3 Å². The Morgan fingerprint density at radius 1 is 0.846 bits per heavy atom. The lowest BCUT2D eigenvalue weighted by atomic mass is 10.0. The van der Waals surface area contributed by atoms with Gasteiger partial charge in [0, 0.05) is 19.3 Å². The van der Waals surface area contributed by atoms with Crippen LogP contribution in [-0.4, -0.2) is 37.2 Å². The quantitative estimate of drug-likeness (QED) is 0.617. The summed E-state index contributed by atoms with van der Waals surface area (Å²) in [5.41, 5.74) is 0. The molecule has 0 aromatic heterocycles. The van der Waals surface area contributed by atoms with Crippen LogP contribution in [-0.2, 0) is 4.74 Å². The normalized spacial score (nSPS) is 32.8. The summed E-state index contributed by atoms with van der Waals surface area (Å²) < 4.78 is 5.49. The molecule has 2 heteroatoms. The molecule has 0 N–H and O–H groups in total. The van der Waals surface area contributed by atoms with Crippen molar-refractivity contribution in [1.29, 1.82) is 0 Å². The Labute approximate surface area is 81.3 Å². The van der Waals surface area contributed by atoms with E-state index in [4.69, 9.17) is 4.74 Å². The first-order valence-corrected chi connectivity index (χ1v) is 5.78.